The van der Waals surface area contributed by atoms with E-state index in [0.29, 0.717) is 24.9 Å². The standard InChI is InChI=1S/C14H26F2N2.C2H6/c1-4-5-12-6-7-17(10-14(12,15)16)13-8-18(9-13)11(2)3;1-2/h11-13H,4-10H2,1-3H3;1-2H3. The monoisotopic (exact) mass is 290 g/mol. The van der Waals surface area contributed by atoms with Crippen LogP contribution in [-0.4, -0.2) is 54.0 Å². The normalized spacial score (nSPS) is 27.9. The summed E-state index contributed by atoms with van der Waals surface area (Å²) in [6, 6.07) is 0.903. The highest BCUT2D eigenvalue weighted by atomic mass is 19.3. The highest BCUT2D eigenvalue weighted by Crippen LogP contribution is 2.37. The Morgan fingerprint density at radius 2 is 1.80 bits per heavy atom. The van der Waals surface area contributed by atoms with Gasteiger partial charge in [0.2, 0.25) is 0 Å². The van der Waals surface area contributed by atoms with Crippen LogP contribution in [0.5, 0.6) is 0 Å². The fraction of sp³-hybridized carbons (Fsp3) is 1.00. The molecule has 2 rings (SSSR count). The van der Waals surface area contributed by atoms with Crippen LogP contribution in [-0.2, 0) is 0 Å². The summed E-state index contributed by atoms with van der Waals surface area (Å²) in [5, 5.41) is 0. The smallest absolute Gasteiger partial charge is 0.263 e. The number of rotatable bonds is 4. The van der Waals surface area contributed by atoms with Gasteiger partial charge in [0, 0.05) is 31.1 Å². The third-order valence-corrected chi connectivity index (χ3v) is 4.55. The predicted molar refractivity (Wildman–Crippen MR) is 81.4 cm³/mol. The van der Waals surface area contributed by atoms with E-state index in [1.165, 1.54) is 0 Å². The van der Waals surface area contributed by atoms with Gasteiger partial charge in [0.1, 0.15) is 0 Å². The summed E-state index contributed by atoms with van der Waals surface area (Å²) in [5.41, 5.74) is 0. The van der Waals surface area contributed by atoms with Crippen molar-refractivity contribution in [3.63, 3.8) is 0 Å². The van der Waals surface area contributed by atoms with Crippen molar-refractivity contribution in [1.29, 1.82) is 0 Å². The van der Waals surface area contributed by atoms with Gasteiger partial charge in [0.25, 0.3) is 5.92 Å². The lowest BCUT2D eigenvalue weighted by Crippen LogP contribution is -2.64. The molecule has 0 N–H and O–H groups in total. The van der Waals surface area contributed by atoms with Gasteiger partial charge in [0.05, 0.1) is 6.54 Å². The van der Waals surface area contributed by atoms with Gasteiger partial charge in [-0.3, -0.25) is 9.80 Å². The third kappa shape index (κ3) is 4.14. The molecule has 0 aromatic rings. The van der Waals surface area contributed by atoms with Gasteiger partial charge in [-0.2, -0.15) is 0 Å². The zero-order valence-corrected chi connectivity index (χ0v) is 13.8. The SMILES string of the molecule is CC.CCCC1CCN(C2CN(C(C)C)C2)CC1(F)F. The molecule has 1 unspecified atom stereocenters. The van der Waals surface area contributed by atoms with E-state index in [1.807, 2.05) is 25.7 Å². The fourth-order valence-electron chi connectivity index (χ4n) is 3.17. The summed E-state index contributed by atoms with van der Waals surface area (Å²) < 4.78 is 28.1. The number of alkyl halides is 2. The van der Waals surface area contributed by atoms with Crippen molar-refractivity contribution in [2.45, 2.75) is 71.9 Å². The maximum Gasteiger partial charge on any atom is 0.263 e. The van der Waals surface area contributed by atoms with Crippen molar-refractivity contribution in [3.8, 4) is 0 Å². The third-order valence-electron chi connectivity index (χ3n) is 4.55. The highest BCUT2D eigenvalue weighted by molar-refractivity contribution is 4.95. The minimum atomic E-state index is -2.48. The molecule has 2 aliphatic rings. The quantitative estimate of drug-likeness (QED) is 0.775. The summed E-state index contributed by atoms with van der Waals surface area (Å²) >= 11 is 0. The maximum atomic E-state index is 14.0. The van der Waals surface area contributed by atoms with Crippen LogP contribution in [0.1, 0.15) is 53.9 Å². The van der Waals surface area contributed by atoms with Crippen molar-refractivity contribution in [2.75, 3.05) is 26.2 Å². The van der Waals surface area contributed by atoms with Crippen LogP contribution in [0.25, 0.3) is 0 Å². The second kappa shape index (κ2) is 7.69. The molecule has 0 bridgehead atoms. The molecular formula is C16H32F2N2. The molecular weight excluding hydrogens is 258 g/mol. The summed E-state index contributed by atoms with van der Waals surface area (Å²) in [7, 11) is 0. The Kier molecular flexibility index (Phi) is 6.86. The average Bonchev–Trinajstić information content (AvgIpc) is 2.32. The van der Waals surface area contributed by atoms with Crippen LogP contribution >= 0.6 is 0 Å². The lowest BCUT2D eigenvalue weighted by atomic mass is 9.87. The van der Waals surface area contributed by atoms with Crippen molar-refractivity contribution in [3.05, 3.63) is 0 Å². The largest absolute Gasteiger partial charge is 0.298 e. The van der Waals surface area contributed by atoms with Crippen LogP contribution in [0.4, 0.5) is 8.78 Å². The molecule has 2 nitrogen and oxygen atoms in total. The average molecular weight is 290 g/mol. The number of piperidine rings is 1. The zero-order valence-electron chi connectivity index (χ0n) is 13.8. The zero-order chi connectivity index (χ0) is 15.3. The Hall–Kier alpha value is -0.220. The first-order valence-electron chi connectivity index (χ1n) is 8.30. The van der Waals surface area contributed by atoms with Gasteiger partial charge in [-0.25, -0.2) is 8.78 Å². The van der Waals surface area contributed by atoms with Crippen molar-refractivity contribution in [2.24, 2.45) is 5.92 Å². The minimum Gasteiger partial charge on any atom is -0.298 e. The number of likely N-dealkylation sites (tertiary alicyclic amines) is 2. The maximum absolute atomic E-state index is 14.0. The topological polar surface area (TPSA) is 6.48 Å². The summed E-state index contributed by atoms with van der Waals surface area (Å²) in [4.78, 5) is 4.37. The number of hydrogen-bond donors (Lipinski definition) is 0. The molecule has 120 valence electrons. The Morgan fingerprint density at radius 1 is 1.20 bits per heavy atom. The Morgan fingerprint density at radius 3 is 2.25 bits per heavy atom. The molecule has 2 saturated heterocycles. The van der Waals surface area contributed by atoms with Gasteiger partial charge in [0.15, 0.2) is 0 Å². The van der Waals surface area contributed by atoms with E-state index in [2.05, 4.69) is 18.7 Å². The van der Waals surface area contributed by atoms with E-state index in [-0.39, 0.29) is 12.5 Å². The predicted octanol–water partition coefficient (Wildman–Crippen LogP) is 3.86. The molecule has 0 spiro atoms. The van der Waals surface area contributed by atoms with Crippen molar-refractivity contribution in [1.82, 2.24) is 9.80 Å². The lowest BCUT2D eigenvalue weighted by molar-refractivity contribution is -0.136. The highest BCUT2D eigenvalue weighted by Gasteiger charge is 2.47. The summed E-state index contributed by atoms with van der Waals surface area (Å²) in [6.07, 6.45) is 2.20. The molecule has 2 fully saturated rings. The first kappa shape index (κ1) is 17.8. The van der Waals surface area contributed by atoms with Gasteiger partial charge in [-0.15, -0.1) is 0 Å². The van der Waals surface area contributed by atoms with Gasteiger partial charge < -0.3 is 0 Å². The molecule has 1 atom stereocenters. The second-order valence-corrected chi connectivity index (χ2v) is 6.21. The number of halogens is 2. The van der Waals surface area contributed by atoms with Crippen LogP contribution < -0.4 is 0 Å². The van der Waals surface area contributed by atoms with Gasteiger partial charge >= 0.3 is 0 Å². The van der Waals surface area contributed by atoms with E-state index in [9.17, 15) is 8.78 Å². The van der Waals surface area contributed by atoms with E-state index in [1.54, 1.807) is 0 Å². The minimum absolute atomic E-state index is 0.0196. The summed E-state index contributed by atoms with van der Waals surface area (Å²) in [5.74, 6) is -2.87. The van der Waals surface area contributed by atoms with Gasteiger partial charge in [-0.1, -0.05) is 27.2 Å². The molecule has 20 heavy (non-hydrogen) atoms. The Labute approximate surface area is 123 Å². The van der Waals surface area contributed by atoms with E-state index in [4.69, 9.17) is 0 Å². The molecule has 2 heterocycles. The Balaban J connectivity index is 0.000000956. The van der Waals surface area contributed by atoms with E-state index >= 15 is 0 Å². The molecule has 0 saturated carbocycles. The van der Waals surface area contributed by atoms with E-state index in [0.717, 1.165) is 26.1 Å². The van der Waals surface area contributed by atoms with Crippen LogP contribution in [0.2, 0.25) is 0 Å². The molecule has 0 amide bonds. The fourth-order valence-corrected chi connectivity index (χ4v) is 3.17. The van der Waals surface area contributed by atoms with E-state index < -0.39 is 5.92 Å². The summed E-state index contributed by atoms with van der Waals surface area (Å²) in [6.45, 7) is 13.1. The molecule has 0 aromatic carbocycles. The van der Waals surface area contributed by atoms with Crippen LogP contribution in [0.15, 0.2) is 0 Å². The Bertz CT molecular complexity index is 276. The lowest BCUT2D eigenvalue weighted by Gasteiger charge is -2.50. The first-order valence-corrected chi connectivity index (χ1v) is 8.30. The molecule has 0 aromatic heterocycles. The first-order chi connectivity index (χ1) is 9.44. The number of nitrogens with zero attached hydrogens (tertiary/aromatic N) is 2. The van der Waals surface area contributed by atoms with Crippen LogP contribution in [0.3, 0.4) is 0 Å². The van der Waals surface area contributed by atoms with Gasteiger partial charge in [-0.05, 0) is 33.2 Å². The van der Waals surface area contributed by atoms with Crippen LogP contribution in [0, 0.1) is 5.92 Å². The van der Waals surface area contributed by atoms with Crippen molar-refractivity contribution < 1.29 is 8.78 Å². The molecule has 0 radical (unpaired) electrons. The molecule has 2 aliphatic heterocycles. The van der Waals surface area contributed by atoms with Crippen molar-refractivity contribution >= 4 is 0 Å². The molecule has 4 heteroatoms. The number of hydrogen-bond acceptors (Lipinski definition) is 2. The second-order valence-electron chi connectivity index (χ2n) is 6.21. The molecule has 0 aliphatic carbocycles.